The maximum atomic E-state index is 12.1. The van der Waals surface area contributed by atoms with Gasteiger partial charge in [0.05, 0.1) is 29.1 Å². The standard InChI is InChI=1S/C17H14Cl2N4O2S/c1-25-14-5-3-2-4-11(14)16-21-17(23-22-16)26-9-15(24)20-13-7-6-10(18)8-12(13)19/h2-8H,9H2,1H3,(H,20,24)(H,21,22,23). The number of aromatic amines is 1. The van der Waals surface area contributed by atoms with E-state index in [4.69, 9.17) is 27.9 Å². The number of para-hydroxylation sites is 1. The van der Waals surface area contributed by atoms with Gasteiger partial charge in [-0.3, -0.25) is 9.89 Å². The van der Waals surface area contributed by atoms with Crippen LogP contribution in [0.1, 0.15) is 0 Å². The number of ether oxygens (including phenoxy) is 1. The second kappa shape index (κ2) is 8.44. The number of thioether (sulfide) groups is 1. The second-order valence-electron chi connectivity index (χ2n) is 5.13. The topological polar surface area (TPSA) is 79.9 Å². The fourth-order valence-corrected chi connectivity index (χ4v) is 3.23. The summed E-state index contributed by atoms with van der Waals surface area (Å²) in [7, 11) is 1.59. The third-order valence-corrected chi connectivity index (χ3v) is 4.76. The third-order valence-electron chi connectivity index (χ3n) is 3.36. The van der Waals surface area contributed by atoms with Crippen LogP contribution in [0.25, 0.3) is 11.4 Å². The molecule has 0 spiro atoms. The van der Waals surface area contributed by atoms with Gasteiger partial charge < -0.3 is 10.1 Å². The van der Waals surface area contributed by atoms with Crippen LogP contribution in [0.5, 0.6) is 5.75 Å². The van der Waals surface area contributed by atoms with E-state index < -0.39 is 0 Å². The highest BCUT2D eigenvalue weighted by Crippen LogP contribution is 2.28. The number of carbonyl (C=O) groups is 1. The lowest BCUT2D eigenvalue weighted by Crippen LogP contribution is -2.14. The average molecular weight is 409 g/mol. The van der Waals surface area contributed by atoms with Gasteiger partial charge in [0.1, 0.15) is 5.75 Å². The number of methoxy groups -OCH3 is 1. The average Bonchev–Trinajstić information content (AvgIpc) is 3.11. The van der Waals surface area contributed by atoms with Crippen molar-refractivity contribution in [2.75, 3.05) is 18.2 Å². The van der Waals surface area contributed by atoms with Crippen LogP contribution in [0.2, 0.25) is 10.0 Å². The molecule has 0 aliphatic rings. The molecule has 9 heteroatoms. The highest BCUT2D eigenvalue weighted by molar-refractivity contribution is 7.99. The number of benzene rings is 2. The molecule has 0 bridgehead atoms. The van der Waals surface area contributed by atoms with Gasteiger partial charge in [-0.05, 0) is 30.3 Å². The molecule has 1 heterocycles. The van der Waals surface area contributed by atoms with Crippen molar-refractivity contribution in [1.82, 2.24) is 15.2 Å². The summed E-state index contributed by atoms with van der Waals surface area (Å²) in [6.45, 7) is 0. The van der Waals surface area contributed by atoms with E-state index >= 15 is 0 Å². The molecule has 0 unspecified atom stereocenters. The Hall–Kier alpha value is -2.22. The summed E-state index contributed by atoms with van der Waals surface area (Å²) in [5.74, 6) is 1.19. The van der Waals surface area contributed by atoms with E-state index in [1.807, 2.05) is 24.3 Å². The Kier molecular flexibility index (Phi) is 6.03. The summed E-state index contributed by atoms with van der Waals surface area (Å²) in [6, 6.07) is 12.4. The largest absolute Gasteiger partial charge is 0.496 e. The van der Waals surface area contributed by atoms with Crippen molar-refractivity contribution >= 4 is 46.6 Å². The Balaban J connectivity index is 1.62. The van der Waals surface area contributed by atoms with Crippen LogP contribution in [-0.2, 0) is 4.79 Å². The maximum absolute atomic E-state index is 12.1. The van der Waals surface area contributed by atoms with Gasteiger partial charge in [-0.25, -0.2) is 4.98 Å². The van der Waals surface area contributed by atoms with Crippen LogP contribution in [0.4, 0.5) is 5.69 Å². The minimum atomic E-state index is -0.220. The van der Waals surface area contributed by atoms with E-state index in [2.05, 4.69) is 20.5 Å². The molecule has 26 heavy (non-hydrogen) atoms. The number of halogens is 2. The molecule has 6 nitrogen and oxygen atoms in total. The molecule has 3 rings (SSSR count). The molecule has 0 fully saturated rings. The SMILES string of the molecule is COc1ccccc1-c1nc(SCC(=O)Nc2ccc(Cl)cc2Cl)n[nH]1. The summed E-state index contributed by atoms with van der Waals surface area (Å²) in [5, 5.41) is 11.1. The van der Waals surface area contributed by atoms with Crippen LogP contribution in [0, 0.1) is 0 Å². The van der Waals surface area contributed by atoms with Gasteiger partial charge in [0.15, 0.2) is 5.82 Å². The number of carbonyl (C=O) groups excluding carboxylic acids is 1. The number of amides is 1. The van der Waals surface area contributed by atoms with Crippen LogP contribution in [0.15, 0.2) is 47.6 Å². The number of hydrogen-bond acceptors (Lipinski definition) is 5. The van der Waals surface area contributed by atoms with E-state index in [1.165, 1.54) is 11.8 Å². The summed E-state index contributed by atoms with van der Waals surface area (Å²) in [5.41, 5.74) is 1.30. The van der Waals surface area contributed by atoms with Gasteiger partial charge >= 0.3 is 0 Å². The van der Waals surface area contributed by atoms with Crippen LogP contribution in [-0.4, -0.2) is 34.0 Å². The Morgan fingerprint density at radius 2 is 2.08 bits per heavy atom. The number of rotatable bonds is 6. The second-order valence-corrected chi connectivity index (χ2v) is 6.91. The number of nitrogens with one attached hydrogen (secondary N) is 2. The van der Waals surface area contributed by atoms with Gasteiger partial charge in [-0.2, -0.15) is 0 Å². The van der Waals surface area contributed by atoms with Crippen molar-refractivity contribution in [3.8, 4) is 17.1 Å². The molecule has 134 valence electrons. The van der Waals surface area contributed by atoms with Crippen LogP contribution < -0.4 is 10.1 Å². The third kappa shape index (κ3) is 4.49. The molecule has 2 N–H and O–H groups in total. The van der Waals surface area contributed by atoms with Crippen molar-refractivity contribution in [2.24, 2.45) is 0 Å². The van der Waals surface area contributed by atoms with Crippen molar-refractivity contribution in [2.45, 2.75) is 5.16 Å². The lowest BCUT2D eigenvalue weighted by Gasteiger charge is -2.06. The quantitative estimate of drug-likeness (QED) is 0.586. The fraction of sp³-hybridized carbons (Fsp3) is 0.118. The molecular formula is C17H14Cl2N4O2S. The summed E-state index contributed by atoms with van der Waals surface area (Å²) in [4.78, 5) is 16.5. The Morgan fingerprint density at radius 1 is 1.27 bits per heavy atom. The maximum Gasteiger partial charge on any atom is 0.234 e. The van der Waals surface area contributed by atoms with Gasteiger partial charge in [-0.1, -0.05) is 47.1 Å². The normalized spacial score (nSPS) is 10.6. The zero-order chi connectivity index (χ0) is 18.5. The first-order valence-electron chi connectivity index (χ1n) is 7.50. The van der Waals surface area contributed by atoms with Crippen molar-refractivity contribution in [1.29, 1.82) is 0 Å². The van der Waals surface area contributed by atoms with Gasteiger partial charge in [0, 0.05) is 5.02 Å². The molecule has 3 aromatic rings. The molecule has 1 aromatic heterocycles. The summed E-state index contributed by atoms with van der Waals surface area (Å²) < 4.78 is 5.31. The zero-order valence-corrected chi connectivity index (χ0v) is 16.0. The van der Waals surface area contributed by atoms with Gasteiger partial charge in [0.2, 0.25) is 11.1 Å². The zero-order valence-electron chi connectivity index (χ0n) is 13.6. The Bertz CT molecular complexity index is 933. The van der Waals surface area contributed by atoms with E-state index in [0.717, 1.165) is 5.56 Å². The molecule has 0 atom stereocenters. The molecule has 0 aliphatic heterocycles. The lowest BCUT2D eigenvalue weighted by atomic mass is 10.2. The number of anilines is 1. The smallest absolute Gasteiger partial charge is 0.234 e. The first-order chi connectivity index (χ1) is 12.6. The molecule has 0 aliphatic carbocycles. The van der Waals surface area contributed by atoms with E-state index in [1.54, 1.807) is 25.3 Å². The van der Waals surface area contributed by atoms with Crippen molar-refractivity contribution in [3.63, 3.8) is 0 Å². The molecule has 0 saturated carbocycles. The Labute approximate surface area is 164 Å². The minimum absolute atomic E-state index is 0.141. The minimum Gasteiger partial charge on any atom is -0.496 e. The highest BCUT2D eigenvalue weighted by atomic mass is 35.5. The molecule has 1 amide bonds. The molecular weight excluding hydrogens is 395 g/mol. The van der Waals surface area contributed by atoms with E-state index in [-0.39, 0.29) is 11.7 Å². The number of aromatic nitrogens is 3. The first kappa shape index (κ1) is 18.6. The summed E-state index contributed by atoms with van der Waals surface area (Å²) in [6.07, 6.45) is 0. The number of nitrogens with zero attached hydrogens (tertiary/aromatic N) is 2. The monoisotopic (exact) mass is 408 g/mol. The molecule has 2 aromatic carbocycles. The predicted octanol–water partition coefficient (Wildman–Crippen LogP) is 4.52. The molecule has 0 radical (unpaired) electrons. The van der Waals surface area contributed by atoms with Crippen molar-refractivity contribution < 1.29 is 9.53 Å². The highest BCUT2D eigenvalue weighted by Gasteiger charge is 2.13. The van der Waals surface area contributed by atoms with Crippen LogP contribution >= 0.6 is 35.0 Å². The van der Waals surface area contributed by atoms with E-state index in [9.17, 15) is 4.79 Å². The predicted molar refractivity (Wildman–Crippen MR) is 104 cm³/mol. The lowest BCUT2D eigenvalue weighted by molar-refractivity contribution is -0.113. The molecule has 0 saturated heterocycles. The van der Waals surface area contributed by atoms with E-state index in [0.29, 0.717) is 32.5 Å². The first-order valence-corrected chi connectivity index (χ1v) is 9.24. The van der Waals surface area contributed by atoms with Crippen molar-refractivity contribution in [3.05, 3.63) is 52.5 Å². The van der Waals surface area contributed by atoms with Gasteiger partial charge in [0.25, 0.3) is 0 Å². The fourth-order valence-electron chi connectivity index (χ4n) is 2.18. The van der Waals surface area contributed by atoms with Crippen LogP contribution in [0.3, 0.4) is 0 Å². The summed E-state index contributed by atoms with van der Waals surface area (Å²) >= 11 is 13.1. The number of H-pyrrole nitrogens is 1. The van der Waals surface area contributed by atoms with Gasteiger partial charge in [-0.15, -0.1) is 5.10 Å². The number of hydrogen-bond donors (Lipinski definition) is 2. The Morgan fingerprint density at radius 3 is 2.85 bits per heavy atom.